The van der Waals surface area contributed by atoms with Crippen molar-refractivity contribution in [1.82, 2.24) is 10.9 Å². The normalized spacial score (nSPS) is 11.2. The van der Waals surface area contributed by atoms with Gasteiger partial charge < -0.3 is 11.5 Å². The van der Waals surface area contributed by atoms with Crippen LogP contribution in [0.4, 0.5) is 0 Å². The highest BCUT2D eigenvalue weighted by molar-refractivity contribution is 7.80. The number of hydrazone groups is 2. The summed E-state index contributed by atoms with van der Waals surface area (Å²) in [4.78, 5) is 0. The molecular formula is C8H14N6S2. The van der Waals surface area contributed by atoms with Gasteiger partial charge in [-0.2, -0.15) is 10.2 Å². The standard InChI is InChI=1S/C8H14N6S2/c9-7(15)13-11-5-3-1-2-4-6-12-14-8(10)16/h1,3,5-6H,2,4H2,(H3,9,13,15)(H3,10,14,16). The van der Waals surface area contributed by atoms with Crippen molar-refractivity contribution in [2.75, 3.05) is 0 Å². The van der Waals surface area contributed by atoms with Crippen LogP contribution in [0, 0.1) is 0 Å². The molecule has 0 unspecified atom stereocenters. The highest BCUT2D eigenvalue weighted by Gasteiger charge is 1.80. The molecule has 0 saturated heterocycles. The summed E-state index contributed by atoms with van der Waals surface area (Å²) in [5.74, 6) is 0. The molecule has 0 aliphatic heterocycles. The van der Waals surface area contributed by atoms with Gasteiger partial charge in [-0.3, -0.25) is 10.9 Å². The molecule has 0 spiro atoms. The second-order valence-electron chi connectivity index (χ2n) is 2.55. The van der Waals surface area contributed by atoms with Gasteiger partial charge in [0.1, 0.15) is 0 Å². The molecule has 0 radical (unpaired) electrons. The smallest absolute Gasteiger partial charge is 0.184 e. The average Bonchev–Trinajstić information content (AvgIpc) is 2.20. The van der Waals surface area contributed by atoms with Crippen LogP contribution in [0.5, 0.6) is 0 Å². The fourth-order valence-corrected chi connectivity index (χ4v) is 0.751. The third-order valence-electron chi connectivity index (χ3n) is 1.20. The molecule has 16 heavy (non-hydrogen) atoms. The molecule has 0 rings (SSSR count). The van der Waals surface area contributed by atoms with E-state index in [-0.39, 0.29) is 10.2 Å². The van der Waals surface area contributed by atoms with Crippen molar-refractivity contribution in [1.29, 1.82) is 0 Å². The van der Waals surface area contributed by atoms with E-state index >= 15 is 0 Å². The highest BCUT2D eigenvalue weighted by atomic mass is 32.1. The third kappa shape index (κ3) is 12.5. The Bertz CT molecular complexity index is 310. The second kappa shape index (κ2) is 9.99. The molecule has 0 atom stereocenters. The van der Waals surface area contributed by atoms with Crippen LogP contribution in [0.2, 0.25) is 0 Å². The van der Waals surface area contributed by atoms with Crippen molar-refractivity contribution in [3.63, 3.8) is 0 Å². The van der Waals surface area contributed by atoms with E-state index in [0.717, 1.165) is 12.8 Å². The fourth-order valence-electron chi connectivity index (χ4n) is 0.646. The van der Waals surface area contributed by atoms with E-state index < -0.39 is 0 Å². The van der Waals surface area contributed by atoms with Crippen LogP contribution in [0.15, 0.2) is 22.4 Å². The Kier molecular flexibility index (Phi) is 9.03. The molecule has 0 fully saturated rings. The molecule has 0 bridgehead atoms. The summed E-state index contributed by atoms with van der Waals surface area (Å²) in [6.45, 7) is 0. The monoisotopic (exact) mass is 258 g/mol. The molecule has 6 N–H and O–H groups in total. The van der Waals surface area contributed by atoms with Crippen LogP contribution in [-0.2, 0) is 0 Å². The van der Waals surface area contributed by atoms with Crippen LogP contribution in [0.25, 0.3) is 0 Å². The first-order chi connectivity index (χ1) is 7.63. The predicted octanol–water partition coefficient (Wildman–Crippen LogP) is -0.0392. The Morgan fingerprint density at radius 1 is 1.06 bits per heavy atom. The van der Waals surface area contributed by atoms with E-state index in [0.29, 0.717) is 0 Å². The summed E-state index contributed by atoms with van der Waals surface area (Å²) in [6.07, 6.45) is 8.57. The van der Waals surface area contributed by atoms with Crippen molar-refractivity contribution < 1.29 is 0 Å². The zero-order chi connectivity index (χ0) is 12.2. The number of thiocarbonyl (C=S) groups is 2. The summed E-state index contributed by atoms with van der Waals surface area (Å²) in [5, 5.41) is 7.79. The summed E-state index contributed by atoms with van der Waals surface area (Å²) < 4.78 is 0. The Morgan fingerprint density at radius 3 is 2.31 bits per heavy atom. The van der Waals surface area contributed by atoms with E-state index in [1.165, 1.54) is 0 Å². The first-order valence-electron chi connectivity index (χ1n) is 4.43. The Morgan fingerprint density at radius 2 is 1.69 bits per heavy atom. The van der Waals surface area contributed by atoms with E-state index in [9.17, 15) is 0 Å². The van der Waals surface area contributed by atoms with Crippen LogP contribution < -0.4 is 22.3 Å². The van der Waals surface area contributed by atoms with Crippen molar-refractivity contribution in [3.8, 4) is 0 Å². The second-order valence-corrected chi connectivity index (χ2v) is 3.43. The van der Waals surface area contributed by atoms with Crippen LogP contribution in [0.3, 0.4) is 0 Å². The maximum absolute atomic E-state index is 5.16. The Hall–Kier alpha value is -1.54. The molecule has 6 nitrogen and oxygen atoms in total. The minimum Gasteiger partial charge on any atom is -0.375 e. The van der Waals surface area contributed by atoms with Gasteiger partial charge in [0.2, 0.25) is 0 Å². The van der Waals surface area contributed by atoms with Gasteiger partial charge in [-0.15, -0.1) is 0 Å². The summed E-state index contributed by atoms with van der Waals surface area (Å²) in [6, 6.07) is 0. The topological polar surface area (TPSA) is 101 Å². The Balaban J connectivity index is 3.47. The number of hydrogen-bond acceptors (Lipinski definition) is 4. The van der Waals surface area contributed by atoms with Gasteiger partial charge >= 0.3 is 0 Å². The molecule has 0 heterocycles. The molecule has 0 aromatic carbocycles. The summed E-state index contributed by atoms with van der Waals surface area (Å²) >= 11 is 9.11. The van der Waals surface area contributed by atoms with Crippen LogP contribution in [0.1, 0.15) is 12.8 Å². The number of unbranched alkanes of at least 4 members (excludes halogenated alkanes) is 1. The molecule has 0 saturated carbocycles. The molecule has 88 valence electrons. The minimum atomic E-state index is 0.139. The number of nitrogens with two attached hydrogens (primary N) is 2. The summed E-state index contributed by atoms with van der Waals surface area (Å²) in [5.41, 5.74) is 15.2. The lowest BCUT2D eigenvalue weighted by atomic mass is 10.3. The number of rotatable bonds is 6. The third-order valence-corrected chi connectivity index (χ3v) is 1.38. The van der Waals surface area contributed by atoms with Gasteiger partial charge in [0, 0.05) is 12.4 Å². The van der Waals surface area contributed by atoms with Crippen LogP contribution >= 0.6 is 24.4 Å². The van der Waals surface area contributed by atoms with Crippen molar-refractivity contribution >= 4 is 47.1 Å². The van der Waals surface area contributed by atoms with Gasteiger partial charge in [-0.25, -0.2) is 0 Å². The number of hydrogen-bond donors (Lipinski definition) is 4. The molecule has 0 aromatic rings. The van der Waals surface area contributed by atoms with Gasteiger partial charge in [0.05, 0.1) is 0 Å². The first kappa shape index (κ1) is 14.5. The van der Waals surface area contributed by atoms with Crippen molar-refractivity contribution in [3.05, 3.63) is 12.2 Å². The Labute approximate surface area is 105 Å². The summed E-state index contributed by atoms with van der Waals surface area (Å²) in [7, 11) is 0. The van der Waals surface area contributed by atoms with Crippen molar-refractivity contribution in [2.24, 2.45) is 21.7 Å². The molecule has 0 aliphatic carbocycles. The first-order valence-corrected chi connectivity index (χ1v) is 5.25. The van der Waals surface area contributed by atoms with Crippen LogP contribution in [-0.4, -0.2) is 22.7 Å². The fraction of sp³-hybridized carbons (Fsp3) is 0.250. The van der Waals surface area contributed by atoms with E-state index in [4.69, 9.17) is 11.5 Å². The number of nitrogens with one attached hydrogen (secondary N) is 2. The molecular weight excluding hydrogens is 244 g/mol. The van der Waals surface area contributed by atoms with Gasteiger partial charge in [0.25, 0.3) is 0 Å². The molecule has 0 aliphatic rings. The van der Waals surface area contributed by atoms with Crippen molar-refractivity contribution in [2.45, 2.75) is 12.8 Å². The number of nitrogens with zero attached hydrogens (tertiary/aromatic N) is 2. The molecule has 0 amide bonds. The highest BCUT2D eigenvalue weighted by Crippen LogP contribution is 1.86. The van der Waals surface area contributed by atoms with E-state index in [1.54, 1.807) is 18.5 Å². The number of allylic oxidation sites excluding steroid dienone is 2. The predicted molar refractivity (Wildman–Crippen MR) is 75.2 cm³/mol. The minimum absolute atomic E-state index is 0.139. The molecule has 8 heteroatoms. The zero-order valence-electron chi connectivity index (χ0n) is 8.59. The van der Waals surface area contributed by atoms with Gasteiger partial charge in [0.15, 0.2) is 10.2 Å². The largest absolute Gasteiger partial charge is 0.375 e. The zero-order valence-corrected chi connectivity index (χ0v) is 10.2. The maximum Gasteiger partial charge on any atom is 0.184 e. The maximum atomic E-state index is 5.16. The lowest BCUT2D eigenvalue weighted by Gasteiger charge is -1.92. The van der Waals surface area contributed by atoms with Gasteiger partial charge in [-0.05, 0) is 43.4 Å². The SMILES string of the molecule is NC(=S)NN=CC=CCCC=NNC(N)=S. The molecule has 0 aromatic heterocycles. The van der Waals surface area contributed by atoms with E-state index in [1.807, 2.05) is 6.08 Å². The lowest BCUT2D eigenvalue weighted by molar-refractivity contribution is 1.01. The van der Waals surface area contributed by atoms with E-state index in [2.05, 4.69) is 45.5 Å². The quantitative estimate of drug-likeness (QED) is 0.231. The van der Waals surface area contributed by atoms with Gasteiger partial charge in [-0.1, -0.05) is 6.08 Å². The average molecular weight is 258 g/mol. The lowest BCUT2D eigenvalue weighted by Crippen LogP contribution is -2.23.